The fourth-order valence-corrected chi connectivity index (χ4v) is 3.57. The molecule has 4 N–H and O–H groups in total. The van der Waals surface area contributed by atoms with Gasteiger partial charge in [0, 0.05) is 18.8 Å². The number of aliphatic hydroxyl groups is 1. The van der Waals surface area contributed by atoms with E-state index in [1.807, 2.05) is 30.3 Å². The predicted octanol–water partition coefficient (Wildman–Crippen LogP) is 2.39. The lowest BCUT2D eigenvalue weighted by Gasteiger charge is -2.33. The Morgan fingerprint density at radius 3 is 2.23 bits per heavy atom. The van der Waals surface area contributed by atoms with Crippen LogP contribution in [-0.2, 0) is 20.9 Å². The molecule has 0 aromatic heterocycles. The standard InChI is InChI=1S/C25H33N3O6S/c1-25(2,3)34-24(33)27-20(16-35)23(32)28(13-14-29)21(18-9-11-19(30)12-10-18)22(31)26-15-17-7-5-4-6-8-17/h4-12,20-21,29-30,35H,13-16H2,1-3H3,(H,26,31)(H,27,33). The molecule has 2 rings (SSSR count). The van der Waals surface area contributed by atoms with E-state index in [0.717, 1.165) is 5.56 Å². The van der Waals surface area contributed by atoms with Crippen molar-refractivity contribution in [3.8, 4) is 5.75 Å². The molecule has 3 amide bonds. The first-order valence-corrected chi connectivity index (χ1v) is 11.8. The number of nitrogens with zero attached hydrogens (tertiary/aromatic N) is 1. The van der Waals surface area contributed by atoms with Crippen LogP contribution in [0.15, 0.2) is 54.6 Å². The van der Waals surface area contributed by atoms with Gasteiger partial charge in [-0.1, -0.05) is 42.5 Å². The molecular formula is C25H33N3O6S. The molecule has 0 spiro atoms. The van der Waals surface area contributed by atoms with Gasteiger partial charge in [-0.05, 0) is 44.0 Å². The maximum absolute atomic E-state index is 13.5. The van der Waals surface area contributed by atoms with Crippen molar-refractivity contribution in [3.63, 3.8) is 0 Å². The van der Waals surface area contributed by atoms with E-state index in [0.29, 0.717) is 5.56 Å². The Hall–Kier alpha value is -3.24. The Balaban J connectivity index is 2.34. The summed E-state index contributed by atoms with van der Waals surface area (Å²) in [6, 6.07) is 12.9. The molecule has 35 heavy (non-hydrogen) atoms. The molecule has 2 unspecified atom stereocenters. The lowest BCUT2D eigenvalue weighted by Crippen LogP contribution is -2.54. The summed E-state index contributed by atoms with van der Waals surface area (Å²) in [6.07, 6.45) is -0.802. The molecular weight excluding hydrogens is 470 g/mol. The van der Waals surface area contributed by atoms with Gasteiger partial charge in [0.25, 0.3) is 0 Å². The molecule has 0 saturated carbocycles. The SMILES string of the molecule is CC(C)(C)OC(=O)NC(CS)C(=O)N(CCO)C(C(=O)NCc1ccccc1)c1ccc(O)cc1. The van der Waals surface area contributed by atoms with Crippen LogP contribution >= 0.6 is 12.6 Å². The van der Waals surface area contributed by atoms with Crippen molar-refractivity contribution in [2.75, 3.05) is 18.9 Å². The van der Waals surface area contributed by atoms with Crippen LogP contribution in [-0.4, -0.2) is 63.6 Å². The van der Waals surface area contributed by atoms with Crippen LogP contribution in [0.5, 0.6) is 5.75 Å². The van der Waals surface area contributed by atoms with Gasteiger partial charge >= 0.3 is 6.09 Å². The summed E-state index contributed by atoms with van der Waals surface area (Å²) in [6.45, 7) is 4.71. The van der Waals surface area contributed by atoms with Crippen molar-refractivity contribution in [3.05, 3.63) is 65.7 Å². The fourth-order valence-electron chi connectivity index (χ4n) is 3.32. The van der Waals surface area contributed by atoms with Gasteiger partial charge in [-0.3, -0.25) is 9.59 Å². The number of carbonyl (C=O) groups excluding carboxylic acids is 3. The zero-order chi connectivity index (χ0) is 26.0. The van der Waals surface area contributed by atoms with E-state index in [-0.39, 0.29) is 24.6 Å². The molecule has 2 aromatic rings. The Kier molecular flexibility index (Phi) is 10.4. The molecule has 0 heterocycles. The molecule has 0 fully saturated rings. The highest BCUT2D eigenvalue weighted by Gasteiger charge is 2.35. The van der Waals surface area contributed by atoms with Gasteiger partial charge in [-0.25, -0.2) is 4.79 Å². The maximum Gasteiger partial charge on any atom is 0.408 e. The Morgan fingerprint density at radius 2 is 1.69 bits per heavy atom. The van der Waals surface area contributed by atoms with Gasteiger partial charge < -0.3 is 30.5 Å². The molecule has 0 radical (unpaired) electrons. The Labute approximate surface area is 210 Å². The summed E-state index contributed by atoms with van der Waals surface area (Å²) in [5.74, 6) is -1.17. The smallest absolute Gasteiger partial charge is 0.408 e. The summed E-state index contributed by atoms with van der Waals surface area (Å²) in [4.78, 5) is 40.3. The zero-order valence-electron chi connectivity index (χ0n) is 20.1. The van der Waals surface area contributed by atoms with Gasteiger partial charge in [-0.15, -0.1) is 0 Å². The van der Waals surface area contributed by atoms with Gasteiger partial charge in [0.2, 0.25) is 11.8 Å². The summed E-state index contributed by atoms with van der Waals surface area (Å²) in [5, 5.41) is 24.7. The minimum absolute atomic E-state index is 0.00273. The van der Waals surface area contributed by atoms with Crippen LogP contribution in [0.4, 0.5) is 4.79 Å². The number of nitrogens with one attached hydrogen (secondary N) is 2. The van der Waals surface area contributed by atoms with Crippen LogP contribution in [0, 0.1) is 0 Å². The number of phenolic OH excluding ortho intramolecular Hbond substituents is 1. The topological polar surface area (TPSA) is 128 Å². The van der Waals surface area contributed by atoms with Crippen molar-refractivity contribution >= 4 is 30.5 Å². The molecule has 0 aliphatic rings. The van der Waals surface area contributed by atoms with Gasteiger partial charge in [0.1, 0.15) is 23.4 Å². The van der Waals surface area contributed by atoms with E-state index in [2.05, 4.69) is 23.3 Å². The second-order valence-electron chi connectivity index (χ2n) is 8.83. The third-order valence-electron chi connectivity index (χ3n) is 4.87. The summed E-state index contributed by atoms with van der Waals surface area (Å²) >= 11 is 4.20. The largest absolute Gasteiger partial charge is 0.508 e. The molecule has 9 nitrogen and oxygen atoms in total. The number of hydrogen-bond acceptors (Lipinski definition) is 7. The second-order valence-corrected chi connectivity index (χ2v) is 9.20. The van der Waals surface area contributed by atoms with Crippen LogP contribution in [0.3, 0.4) is 0 Å². The molecule has 10 heteroatoms. The number of thiol groups is 1. The number of ether oxygens (including phenoxy) is 1. The number of amides is 3. The van der Waals surface area contributed by atoms with Crippen molar-refractivity contribution < 1.29 is 29.3 Å². The van der Waals surface area contributed by atoms with Crippen LogP contribution in [0.25, 0.3) is 0 Å². The number of phenols is 1. The molecule has 0 aliphatic heterocycles. The highest BCUT2D eigenvalue weighted by Crippen LogP contribution is 2.25. The normalized spacial score (nSPS) is 12.8. The second kappa shape index (κ2) is 13.0. The highest BCUT2D eigenvalue weighted by atomic mass is 32.1. The predicted molar refractivity (Wildman–Crippen MR) is 135 cm³/mol. The average molecular weight is 504 g/mol. The fraction of sp³-hybridized carbons (Fsp3) is 0.400. The van der Waals surface area contributed by atoms with Crippen LogP contribution in [0.2, 0.25) is 0 Å². The number of aromatic hydroxyl groups is 1. The lowest BCUT2D eigenvalue weighted by molar-refractivity contribution is -0.142. The van der Waals surface area contributed by atoms with E-state index in [4.69, 9.17) is 4.74 Å². The molecule has 190 valence electrons. The van der Waals surface area contributed by atoms with Crippen molar-refractivity contribution in [1.82, 2.24) is 15.5 Å². The van der Waals surface area contributed by atoms with Crippen molar-refractivity contribution in [2.45, 2.75) is 45.0 Å². The highest BCUT2D eigenvalue weighted by molar-refractivity contribution is 7.80. The molecule has 0 aliphatic carbocycles. The molecule has 2 atom stereocenters. The van der Waals surface area contributed by atoms with E-state index < -0.39 is 42.2 Å². The zero-order valence-corrected chi connectivity index (χ0v) is 21.0. The number of aliphatic hydroxyl groups excluding tert-OH is 1. The quantitative estimate of drug-likeness (QED) is 0.317. The molecule has 2 aromatic carbocycles. The van der Waals surface area contributed by atoms with E-state index in [1.165, 1.54) is 29.2 Å². The van der Waals surface area contributed by atoms with Crippen LogP contribution in [0.1, 0.15) is 37.9 Å². The van der Waals surface area contributed by atoms with Crippen LogP contribution < -0.4 is 10.6 Å². The first-order valence-electron chi connectivity index (χ1n) is 11.2. The minimum atomic E-state index is -1.14. The first kappa shape index (κ1) is 28.0. The average Bonchev–Trinajstić information content (AvgIpc) is 2.81. The Morgan fingerprint density at radius 1 is 1.06 bits per heavy atom. The van der Waals surface area contributed by atoms with E-state index in [1.54, 1.807) is 20.8 Å². The monoisotopic (exact) mass is 503 g/mol. The molecule has 0 bridgehead atoms. The van der Waals surface area contributed by atoms with E-state index in [9.17, 15) is 24.6 Å². The third-order valence-corrected chi connectivity index (χ3v) is 5.24. The van der Waals surface area contributed by atoms with Gasteiger partial charge in [0.15, 0.2) is 0 Å². The van der Waals surface area contributed by atoms with Gasteiger partial charge in [-0.2, -0.15) is 12.6 Å². The van der Waals surface area contributed by atoms with Crippen molar-refractivity contribution in [1.29, 1.82) is 0 Å². The lowest BCUT2D eigenvalue weighted by atomic mass is 10.0. The minimum Gasteiger partial charge on any atom is -0.508 e. The van der Waals surface area contributed by atoms with Crippen molar-refractivity contribution in [2.24, 2.45) is 0 Å². The number of benzene rings is 2. The third kappa shape index (κ3) is 8.80. The number of carbonyl (C=O) groups is 3. The molecule has 0 saturated heterocycles. The Bertz CT molecular complexity index is 979. The number of alkyl carbamates (subject to hydrolysis) is 1. The number of hydrogen-bond donors (Lipinski definition) is 5. The maximum atomic E-state index is 13.5. The summed E-state index contributed by atoms with van der Waals surface area (Å²) < 4.78 is 5.24. The summed E-state index contributed by atoms with van der Waals surface area (Å²) in [7, 11) is 0. The van der Waals surface area contributed by atoms with E-state index >= 15 is 0 Å². The summed E-state index contributed by atoms with van der Waals surface area (Å²) in [5.41, 5.74) is 0.515. The first-order chi connectivity index (χ1) is 16.6. The number of rotatable bonds is 10. The van der Waals surface area contributed by atoms with Gasteiger partial charge in [0.05, 0.1) is 6.61 Å².